The van der Waals surface area contributed by atoms with Gasteiger partial charge in [-0.25, -0.2) is 4.79 Å². The molecule has 8 nitrogen and oxygen atoms in total. The first kappa shape index (κ1) is 23.8. The predicted octanol–water partition coefficient (Wildman–Crippen LogP) is 3.28. The molecule has 8 heteroatoms. The van der Waals surface area contributed by atoms with Gasteiger partial charge in [0.2, 0.25) is 0 Å². The maximum Gasteiger partial charge on any atom is 0.338 e. The van der Waals surface area contributed by atoms with Gasteiger partial charge in [0.05, 0.1) is 12.2 Å². The van der Waals surface area contributed by atoms with E-state index in [1.54, 1.807) is 31.2 Å². The van der Waals surface area contributed by atoms with E-state index in [0.29, 0.717) is 5.56 Å². The second kappa shape index (κ2) is 10.3. The number of carbonyl (C=O) groups is 1. The molecule has 2 saturated heterocycles. The third-order valence-corrected chi connectivity index (χ3v) is 5.66. The van der Waals surface area contributed by atoms with Crippen LogP contribution in [0.1, 0.15) is 29.1 Å². The summed E-state index contributed by atoms with van der Waals surface area (Å²) in [4.78, 5) is 13.0. The maximum absolute atomic E-state index is 13.0. The third-order valence-electron chi connectivity index (χ3n) is 5.66. The highest BCUT2D eigenvalue weighted by Crippen LogP contribution is 2.38. The van der Waals surface area contributed by atoms with Gasteiger partial charge in [-0.3, -0.25) is 0 Å². The number of hydrogen-bond acceptors (Lipinski definition) is 8. The van der Waals surface area contributed by atoms with Gasteiger partial charge < -0.3 is 33.2 Å². The summed E-state index contributed by atoms with van der Waals surface area (Å²) < 4.78 is 41.2. The first-order valence-electron chi connectivity index (χ1n) is 10.8. The lowest BCUT2D eigenvalue weighted by Crippen LogP contribution is -2.65. The monoisotopic (exact) mass is 457 g/mol. The summed E-state index contributed by atoms with van der Waals surface area (Å²) in [5, 5.41) is 0. The van der Waals surface area contributed by atoms with Crippen LogP contribution in [0.4, 0.5) is 0 Å². The van der Waals surface area contributed by atoms with Crippen molar-refractivity contribution < 1.29 is 38.0 Å². The van der Waals surface area contributed by atoms with Gasteiger partial charge in [0.15, 0.2) is 30.6 Å². The van der Waals surface area contributed by atoms with E-state index in [2.05, 4.69) is 6.92 Å². The highest BCUT2D eigenvalue weighted by atomic mass is 16.8. The average Bonchev–Trinajstić information content (AvgIpc) is 2.85. The van der Waals surface area contributed by atoms with E-state index >= 15 is 0 Å². The predicted molar refractivity (Wildman–Crippen MR) is 117 cm³/mol. The van der Waals surface area contributed by atoms with Gasteiger partial charge in [0.1, 0.15) is 12.2 Å². The Labute approximate surface area is 193 Å². The van der Waals surface area contributed by atoms with E-state index in [1.807, 2.05) is 36.4 Å². The molecular formula is C25H29O8. The molecule has 0 amide bonds. The fourth-order valence-corrected chi connectivity index (χ4v) is 3.88. The number of fused-ring (bicyclic) bond motifs is 1. The summed E-state index contributed by atoms with van der Waals surface area (Å²) in [5.74, 6) is -1.75. The van der Waals surface area contributed by atoms with Crippen LogP contribution >= 0.6 is 0 Å². The standard InChI is InChI=1S/C25H29O8/c1-25(2,28-4)33-21-20(31-22(26)16-11-7-5-8-12-16)19-18(30-24(21)27-3)15-29-23(32-19)17-13-9-6-10-14-17/h5-14,18-21,23-24H,1,15H2,2-4H3/t18?,19-,20?,21?,23?,24+,25?/m1/s1. The molecule has 2 heterocycles. The minimum Gasteiger partial charge on any atom is -0.453 e. The van der Waals surface area contributed by atoms with Crippen molar-refractivity contribution in [1.29, 1.82) is 0 Å². The molecule has 5 unspecified atom stereocenters. The fourth-order valence-electron chi connectivity index (χ4n) is 3.88. The minimum absolute atomic E-state index is 0.224. The lowest BCUT2D eigenvalue weighted by molar-refractivity contribution is -0.379. The van der Waals surface area contributed by atoms with E-state index in [-0.39, 0.29) is 6.61 Å². The van der Waals surface area contributed by atoms with Crippen LogP contribution in [0.2, 0.25) is 0 Å². The summed E-state index contributed by atoms with van der Waals surface area (Å²) in [6.45, 7) is 5.80. The molecule has 7 atom stereocenters. The minimum atomic E-state index is -1.24. The molecule has 2 aromatic rings. The summed E-state index contributed by atoms with van der Waals surface area (Å²) in [6, 6.07) is 18.3. The molecule has 0 aromatic heterocycles. The highest BCUT2D eigenvalue weighted by Gasteiger charge is 2.54. The Morgan fingerprint density at radius 2 is 1.67 bits per heavy atom. The molecule has 4 rings (SSSR count). The van der Waals surface area contributed by atoms with Gasteiger partial charge >= 0.3 is 5.97 Å². The topological polar surface area (TPSA) is 81.7 Å². The SMILES string of the molecule is [CH2]C(C)(OC)OC1C(OC(=O)c2ccccc2)[C@@H]2OC(c3ccccc3)OCC2O[C@@H]1OC. The lowest BCUT2D eigenvalue weighted by atomic mass is 9.96. The fraction of sp³-hybridized carbons (Fsp3) is 0.440. The summed E-state index contributed by atoms with van der Waals surface area (Å²) in [5.41, 5.74) is 1.25. The number of hydrogen-bond donors (Lipinski definition) is 0. The molecule has 2 aromatic carbocycles. The molecule has 0 saturated carbocycles. The molecule has 0 spiro atoms. The Hall–Kier alpha value is -2.33. The number of carbonyl (C=O) groups excluding carboxylic acids is 1. The average molecular weight is 457 g/mol. The van der Waals surface area contributed by atoms with Crippen molar-refractivity contribution in [3.63, 3.8) is 0 Å². The van der Waals surface area contributed by atoms with Crippen molar-refractivity contribution in [2.45, 2.75) is 49.7 Å². The summed E-state index contributed by atoms with van der Waals surface area (Å²) >= 11 is 0. The van der Waals surface area contributed by atoms with Gasteiger partial charge in [0, 0.05) is 26.7 Å². The molecule has 0 bridgehead atoms. The molecule has 2 fully saturated rings. The second-order valence-corrected chi connectivity index (χ2v) is 8.11. The maximum atomic E-state index is 13.0. The van der Waals surface area contributed by atoms with Crippen molar-refractivity contribution in [1.82, 2.24) is 0 Å². The highest BCUT2D eigenvalue weighted by molar-refractivity contribution is 5.89. The third kappa shape index (κ3) is 5.43. The van der Waals surface area contributed by atoms with Crippen molar-refractivity contribution in [3.05, 3.63) is 78.7 Å². The van der Waals surface area contributed by atoms with E-state index < -0.39 is 48.8 Å². The van der Waals surface area contributed by atoms with E-state index in [9.17, 15) is 4.79 Å². The Balaban J connectivity index is 1.65. The van der Waals surface area contributed by atoms with E-state index in [0.717, 1.165) is 5.56 Å². The van der Waals surface area contributed by atoms with Gasteiger partial charge in [-0.05, 0) is 19.1 Å². The summed E-state index contributed by atoms with van der Waals surface area (Å²) in [6.07, 6.45) is -4.49. The molecule has 1 radical (unpaired) electrons. The molecule has 2 aliphatic rings. The molecule has 0 N–H and O–H groups in total. The van der Waals surface area contributed by atoms with Crippen molar-refractivity contribution in [2.24, 2.45) is 0 Å². The number of rotatable bonds is 7. The van der Waals surface area contributed by atoms with Crippen LogP contribution in [-0.2, 0) is 33.2 Å². The Kier molecular flexibility index (Phi) is 7.43. The van der Waals surface area contributed by atoms with Gasteiger partial charge in [-0.1, -0.05) is 48.5 Å². The van der Waals surface area contributed by atoms with Crippen molar-refractivity contribution in [3.8, 4) is 0 Å². The van der Waals surface area contributed by atoms with E-state index in [4.69, 9.17) is 33.2 Å². The summed E-state index contributed by atoms with van der Waals surface area (Å²) in [7, 11) is 2.96. The first-order valence-corrected chi connectivity index (χ1v) is 10.8. The Morgan fingerprint density at radius 1 is 1.00 bits per heavy atom. The first-order chi connectivity index (χ1) is 15.9. The molecule has 2 aliphatic heterocycles. The zero-order valence-electron chi connectivity index (χ0n) is 18.9. The van der Waals surface area contributed by atoms with Gasteiger partial charge in [-0.2, -0.15) is 0 Å². The van der Waals surface area contributed by atoms with Crippen LogP contribution < -0.4 is 0 Å². The van der Waals surface area contributed by atoms with Gasteiger partial charge in [0.25, 0.3) is 0 Å². The number of methoxy groups -OCH3 is 2. The normalized spacial score (nSPS) is 29.8. The van der Waals surface area contributed by atoms with Crippen LogP contribution in [0.25, 0.3) is 0 Å². The quantitative estimate of drug-likeness (QED) is 0.463. The van der Waals surface area contributed by atoms with Crippen molar-refractivity contribution in [2.75, 3.05) is 20.8 Å². The van der Waals surface area contributed by atoms with Crippen LogP contribution in [0.5, 0.6) is 0 Å². The second-order valence-electron chi connectivity index (χ2n) is 8.11. The van der Waals surface area contributed by atoms with Crippen LogP contribution in [0, 0.1) is 6.92 Å². The van der Waals surface area contributed by atoms with E-state index in [1.165, 1.54) is 14.2 Å². The zero-order valence-corrected chi connectivity index (χ0v) is 18.9. The van der Waals surface area contributed by atoms with Crippen LogP contribution in [-0.4, -0.2) is 63.3 Å². The molecule has 33 heavy (non-hydrogen) atoms. The molecule has 177 valence electrons. The smallest absolute Gasteiger partial charge is 0.338 e. The Morgan fingerprint density at radius 3 is 2.30 bits per heavy atom. The number of benzene rings is 2. The largest absolute Gasteiger partial charge is 0.453 e. The lowest BCUT2D eigenvalue weighted by Gasteiger charge is -2.49. The molecule has 0 aliphatic carbocycles. The van der Waals surface area contributed by atoms with Crippen molar-refractivity contribution >= 4 is 5.97 Å². The zero-order chi connectivity index (χ0) is 23.4. The number of esters is 1. The number of ether oxygens (including phenoxy) is 7. The Bertz CT molecular complexity index is 903. The van der Waals surface area contributed by atoms with Gasteiger partial charge in [-0.15, -0.1) is 0 Å². The molecular weight excluding hydrogens is 428 g/mol. The van der Waals surface area contributed by atoms with Crippen LogP contribution in [0.3, 0.4) is 0 Å². The van der Waals surface area contributed by atoms with Crippen LogP contribution in [0.15, 0.2) is 60.7 Å².